The van der Waals surface area contributed by atoms with Gasteiger partial charge in [0.1, 0.15) is 11.6 Å². The van der Waals surface area contributed by atoms with Gasteiger partial charge >= 0.3 is 0 Å². The lowest BCUT2D eigenvalue weighted by Crippen LogP contribution is -2.33. The van der Waals surface area contributed by atoms with Gasteiger partial charge in [-0.15, -0.1) is 0 Å². The summed E-state index contributed by atoms with van der Waals surface area (Å²) in [6, 6.07) is 3.79. The highest BCUT2D eigenvalue weighted by molar-refractivity contribution is 5.53. The lowest BCUT2D eigenvalue weighted by molar-refractivity contribution is 0.452. The molecule has 2 aliphatic rings. The molecule has 0 N–H and O–H groups in total. The highest BCUT2D eigenvalue weighted by atomic mass is 19.1. The van der Waals surface area contributed by atoms with Crippen molar-refractivity contribution in [1.82, 2.24) is 0 Å². The molecule has 1 atom stereocenters. The predicted octanol–water partition coefficient (Wildman–Crippen LogP) is 4.91. The number of rotatable bonds is 0. The summed E-state index contributed by atoms with van der Waals surface area (Å²) in [6.07, 6.45) is 3.93. The van der Waals surface area contributed by atoms with Crippen LogP contribution in [-0.2, 0) is 11.8 Å². The molecule has 0 fully saturated rings. The predicted molar refractivity (Wildman–Crippen MR) is 73.3 cm³/mol. The van der Waals surface area contributed by atoms with Gasteiger partial charge in [-0.3, -0.25) is 0 Å². The standard InChI is InChI=1S/C17H18F2/c1-10-4-6-13-12(15(10)18)5-7-14-16(19)11(2)8-9-17(13,14)3/h4,6,8H,5,7,9H2,1-3H3. The van der Waals surface area contributed by atoms with Crippen LogP contribution in [0.5, 0.6) is 0 Å². The molecule has 0 nitrogen and oxygen atoms in total. The second-order valence-corrected chi connectivity index (χ2v) is 5.94. The van der Waals surface area contributed by atoms with Crippen LogP contribution in [0.15, 0.2) is 35.2 Å². The Balaban J connectivity index is 2.24. The Morgan fingerprint density at radius 3 is 2.58 bits per heavy atom. The van der Waals surface area contributed by atoms with Crippen LogP contribution in [0.2, 0.25) is 0 Å². The van der Waals surface area contributed by atoms with Gasteiger partial charge in [-0.05, 0) is 60.9 Å². The summed E-state index contributed by atoms with van der Waals surface area (Å²) in [7, 11) is 0. The Labute approximate surface area is 112 Å². The molecule has 0 heterocycles. The molecule has 1 aromatic carbocycles. The quantitative estimate of drug-likeness (QED) is 0.621. The summed E-state index contributed by atoms with van der Waals surface area (Å²) in [5, 5.41) is 0. The average molecular weight is 260 g/mol. The van der Waals surface area contributed by atoms with E-state index in [0.717, 1.165) is 28.7 Å². The van der Waals surface area contributed by atoms with E-state index in [4.69, 9.17) is 0 Å². The van der Waals surface area contributed by atoms with Crippen LogP contribution in [-0.4, -0.2) is 0 Å². The maximum Gasteiger partial charge on any atom is 0.129 e. The monoisotopic (exact) mass is 260 g/mol. The molecule has 2 heteroatoms. The van der Waals surface area contributed by atoms with Crippen molar-refractivity contribution < 1.29 is 8.78 Å². The van der Waals surface area contributed by atoms with Crippen molar-refractivity contribution in [2.45, 2.75) is 45.4 Å². The van der Waals surface area contributed by atoms with Gasteiger partial charge in [0.05, 0.1) is 0 Å². The molecule has 1 unspecified atom stereocenters. The zero-order chi connectivity index (χ0) is 13.8. The van der Waals surface area contributed by atoms with Crippen LogP contribution >= 0.6 is 0 Å². The molecule has 19 heavy (non-hydrogen) atoms. The van der Waals surface area contributed by atoms with Crippen LogP contribution < -0.4 is 0 Å². The van der Waals surface area contributed by atoms with Crippen molar-refractivity contribution in [3.8, 4) is 0 Å². The van der Waals surface area contributed by atoms with Gasteiger partial charge in [-0.2, -0.15) is 0 Å². The molecule has 0 saturated carbocycles. The summed E-state index contributed by atoms with van der Waals surface area (Å²) in [6.45, 7) is 5.64. The topological polar surface area (TPSA) is 0 Å². The number of fused-ring (bicyclic) bond motifs is 3. The van der Waals surface area contributed by atoms with Gasteiger partial charge < -0.3 is 0 Å². The largest absolute Gasteiger partial charge is 0.207 e. The Morgan fingerprint density at radius 2 is 1.84 bits per heavy atom. The van der Waals surface area contributed by atoms with Crippen molar-refractivity contribution in [2.75, 3.05) is 0 Å². The Bertz CT molecular complexity index is 622. The minimum Gasteiger partial charge on any atom is -0.207 e. The summed E-state index contributed by atoms with van der Waals surface area (Å²) >= 11 is 0. The molecular formula is C17H18F2. The van der Waals surface area contributed by atoms with Crippen LogP contribution in [0.4, 0.5) is 8.78 Å². The summed E-state index contributed by atoms with van der Waals surface area (Å²) in [5.74, 6) is -0.190. The van der Waals surface area contributed by atoms with E-state index in [1.54, 1.807) is 6.92 Å². The summed E-state index contributed by atoms with van der Waals surface area (Å²) in [5.41, 5.74) is 3.64. The van der Waals surface area contributed by atoms with Crippen LogP contribution in [0, 0.1) is 12.7 Å². The van der Waals surface area contributed by atoms with Crippen LogP contribution in [0.1, 0.15) is 43.4 Å². The number of halogens is 2. The van der Waals surface area contributed by atoms with Gasteiger partial charge in [-0.25, -0.2) is 8.78 Å². The van der Waals surface area contributed by atoms with Gasteiger partial charge in [0.25, 0.3) is 0 Å². The molecule has 100 valence electrons. The van der Waals surface area contributed by atoms with E-state index in [1.807, 2.05) is 32.1 Å². The number of hydrogen-bond donors (Lipinski definition) is 0. The maximum absolute atomic E-state index is 14.3. The van der Waals surface area contributed by atoms with Gasteiger partial charge in [-0.1, -0.05) is 25.1 Å². The molecule has 0 radical (unpaired) electrons. The molecule has 0 amide bonds. The van der Waals surface area contributed by atoms with Crippen molar-refractivity contribution in [1.29, 1.82) is 0 Å². The molecule has 3 rings (SSSR count). The summed E-state index contributed by atoms with van der Waals surface area (Å²) < 4.78 is 28.6. The maximum atomic E-state index is 14.3. The third kappa shape index (κ3) is 1.62. The van der Waals surface area contributed by atoms with E-state index < -0.39 is 0 Å². The molecule has 1 aromatic rings. The van der Waals surface area contributed by atoms with E-state index >= 15 is 0 Å². The Hall–Kier alpha value is -1.44. The first-order valence-electron chi connectivity index (χ1n) is 6.80. The first-order chi connectivity index (χ1) is 8.95. The van der Waals surface area contributed by atoms with Crippen molar-refractivity contribution in [2.24, 2.45) is 0 Å². The van der Waals surface area contributed by atoms with Gasteiger partial charge in [0, 0.05) is 5.41 Å². The Morgan fingerprint density at radius 1 is 1.11 bits per heavy atom. The zero-order valence-electron chi connectivity index (χ0n) is 11.6. The minimum absolute atomic E-state index is 0.0830. The zero-order valence-corrected chi connectivity index (χ0v) is 11.6. The fourth-order valence-corrected chi connectivity index (χ4v) is 3.46. The molecule has 0 spiro atoms. The van der Waals surface area contributed by atoms with Gasteiger partial charge in [0.15, 0.2) is 0 Å². The lowest BCUT2D eigenvalue weighted by atomic mass is 9.63. The highest BCUT2D eigenvalue weighted by Gasteiger charge is 2.40. The molecule has 0 saturated heterocycles. The van der Waals surface area contributed by atoms with E-state index in [-0.39, 0.29) is 17.1 Å². The van der Waals surface area contributed by atoms with Crippen LogP contribution in [0.25, 0.3) is 0 Å². The first kappa shape index (κ1) is 12.6. The second kappa shape index (κ2) is 4.03. The normalized spacial score (nSPS) is 25.8. The fraction of sp³-hybridized carbons (Fsp3) is 0.412. The van der Waals surface area contributed by atoms with Crippen molar-refractivity contribution in [3.63, 3.8) is 0 Å². The van der Waals surface area contributed by atoms with Crippen LogP contribution in [0.3, 0.4) is 0 Å². The van der Waals surface area contributed by atoms with E-state index in [2.05, 4.69) is 0 Å². The lowest BCUT2D eigenvalue weighted by Gasteiger charge is -2.41. The number of hydrogen-bond acceptors (Lipinski definition) is 0. The molecular weight excluding hydrogens is 242 g/mol. The molecule has 0 aliphatic heterocycles. The highest BCUT2D eigenvalue weighted by Crippen LogP contribution is 2.49. The summed E-state index contributed by atoms with van der Waals surface area (Å²) in [4.78, 5) is 0. The molecule has 0 bridgehead atoms. The third-order valence-corrected chi connectivity index (χ3v) is 4.75. The number of aryl methyl sites for hydroxylation is 1. The van der Waals surface area contributed by atoms with E-state index in [9.17, 15) is 8.78 Å². The smallest absolute Gasteiger partial charge is 0.129 e. The van der Waals surface area contributed by atoms with Gasteiger partial charge in [0.2, 0.25) is 0 Å². The minimum atomic E-state index is -0.369. The van der Waals surface area contributed by atoms with Crippen molar-refractivity contribution >= 4 is 0 Å². The number of allylic oxidation sites excluding steroid dienone is 4. The van der Waals surface area contributed by atoms with E-state index in [1.165, 1.54) is 0 Å². The number of benzene rings is 1. The second-order valence-electron chi connectivity index (χ2n) is 5.94. The SMILES string of the molecule is CC1=CCC2(C)C(=C1F)CCc1c2ccc(C)c1F. The Kier molecular flexibility index (Phi) is 2.67. The first-order valence-corrected chi connectivity index (χ1v) is 6.80. The molecule has 0 aromatic heterocycles. The average Bonchev–Trinajstić information content (AvgIpc) is 2.39. The van der Waals surface area contributed by atoms with E-state index in [0.29, 0.717) is 18.4 Å². The molecule has 2 aliphatic carbocycles. The van der Waals surface area contributed by atoms with Crippen molar-refractivity contribution in [3.05, 3.63) is 57.7 Å². The fourth-order valence-electron chi connectivity index (χ4n) is 3.46. The third-order valence-electron chi connectivity index (χ3n) is 4.75.